The lowest BCUT2D eigenvalue weighted by Gasteiger charge is -2.26. The zero-order chi connectivity index (χ0) is 9.35. The molecule has 2 heteroatoms. The van der Waals surface area contributed by atoms with E-state index in [1.165, 1.54) is 0 Å². The first-order valence-corrected chi connectivity index (χ1v) is 4.30. The van der Waals surface area contributed by atoms with E-state index in [1.807, 2.05) is 26.0 Å². The van der Waals surface area contributed by atoms with Gasteiger partial charge in [-0.25, -0.2) is 0 Å². The quantitative estimate of drug-likeness (QED) is 0.734. The molecule has 0 aliphatic heterocycles. The third kappa shape index (κ3) is 1.53. The highest BCUT2D eigenvalue weighted by Crippen LogP contribution is 2.27. The number of furan rings is 1. The molecule has 0 spiro atoms. The fourth-order valence-electron chi connectivity index (χ4n) is 1.01. The topological polar surface area (TPSA) is 39.2 Å². The Morgan fingerprint density at radius 1 is 1.42 bits per heavy atom. The van der Waals surface area contributed by atoms with E-state index in [0.29, 0.717) is 5.92 Å². The lowest BCUT2D eigenvalue weighted by Crippen LogP contribution is -2.38. The van der Waals surface area contributed by atoms with Crippen molar-refractivity contribution >= 4 is 0 Å². The van der Waals surface area contributed by atoms with Crippen molar-refractivity contribution in [2.75, 3.05) is 0 Å². The molecule has 0 aromatic carbocycles. The number of nitrogens with two attached hydrogens (primary N) is 1. The molecule has 1 unspecified atom stereocenters. The number of aryl methyl sites for hydroxylation is 1. The van der Waals surface area contributed by atoms with Crippen molar-refractivity contribution in [3.8, 4) is 0 Å². The van der Waals surface area contributed by atoms with Crippen LogP contribution in [0.5, 0.6) is 0 Å². The van der Waals surface area contributed by atoms with Gasteiger partial charge in [-0.1, -0.05) is 13.8 Å². The van der Waals surface area contributed by atoms with E-state index in [1.54, 1.807) is 0 Å². The minimum atomic E-state index is -0.353. The van der Waals surface area contributed by atoms with E-state index in [-0.39, 0.29) is 5.54 Å². The van der Waals surface area contributed by atoms with E-state index >= 15 is 0 Å². The van der Waals surface area contributed by atoms with Crippen LogP contribution >= 0.6 is 0 Å². The number of hydrogen-bond acceptors (Lipinski definition) is 2. The second-order valence-corrected chi connectivity index (χ2v) is 3.85. The summed E-state index contributed by atoms with van der Waals surface area (Å²) in [6.45, 7) is 8.12. The van der Waals surface area contributed by atoms with Gasteiger partial charge in [-0.05, 0) is 31.9 Å². The summed E-state index contributed by atoms with van der Waals surface area (Å²) in [5.74, 6) is 2.17. The average Bonchev–Trinajstić information content (AvgIpc) is 2.35. The highest BCUT2D eigenvalue weighted by molar-refractivity contribution is 5.14. The van der Waals surface area contributed by atoms with Crippen molar-refractivity contribution in [2.45, 2.75) is 33.2 Å². The molecule has 0 fully saturated rings. The summed E-state index contributed by atoms with van der Waals surface area (Å²) in [5, 5.41) is 0. The zero-order valence-electron chi connectivity index (χ0n) is 8.22. The van der Waals surface area contributed by atoms with Gasteiger partial charge in [-0.3, -0.25) is 0 Å². The molecule has 0 amide bonds. The normalized spacial score (nSPS) is 16.5. The van der Waals surface area contributed by atoms with Crippen molar-refractivity contribution in [2.24, 2.45) is 11.7 Å². The van der Waals surface area contributed by atoms with E-state index in [9.17, 15) is 0 Å². The maximum absolute atomic E-state index is 6.10. The van der Waals surface area contributed by atoms with E-state index in [2.05, 4.69) is 13.8 Å². The summed E-state index contributed by atoms with van der Waals surface area (Å²) in [7, 11) is 0. The van der Waals surface area contributed by atoms with Gasteiger partial charge in [0, 0.05) is 0 Å². The van der Waals surface area contributed by atoms with Crippen LogP contribution in [0.1, 0.15) is 32.3 Å². The molecule has 0 saturated carbocycles. The SMILES string of the molecule is Cc1ccc(C(C)(N)C(C)C)o1. The monoisotopic (exact) mass is 167 g/mol. The largest absolute Gasteiger partial charge is 0.464 e. The molecule has 12 heavy (non-hydrogen) atoms. The Balaban J connectivity index is 2.97. The molecular weight excluding hydrogens is 150 g/mol. The molecule has 2 N–H and O–H groups in total. The summed E-state index contributed by atoms with van der Waals surface area (Å²) >= 11 is 0. The molecule has 1 aromatic heterocycles. The van der Waals surface area contributed by atoms with Crippen LogP contribution in [0.25, 0.3) is 0 Å². The Kier molecular flexibility index (Phi) is 2.29. The van der Waals surface area contributed by atoms with Crippen molar-refractivity contribution in [1.82, 2.24) is 0 Å². The maximum atomic E-state index is 6.10. The summed E-state index contributed by atoms with van der Waals surface area (Å²) in [4.78, 5) is 0. The second kappa shape index (κ2) is 2.94. The first-order chi connectivity index (χ1) is 5.44. The van der Waals surface area contributed by atoms with Gasteiger partial charge < -0.3 is 10.2 Å². The first-order valence-electron chi connectivity index (χ1n) is 4.30. The fraction of sp³-hybridized carbons (Fsp3) is 0.600. The van der Waals surface area contributed by atoms with Crippen LogP contribution < -0.4 is 5.73 Å². The lowest BCUT2D eigenvalue weighted by molar-refractivity contribution is 0.279. The Bertz CT molecular complexity index is 261. The lowest BCUT2D eigenvalue weighted by atomic mass is 9.87. The molecule has 2 nitrogen and oxygen atoms in total. The van der Waals surface area contributed by atoms with Gasteiger partial charge in [0.2, 0.25) is 0 Å². The fourth-order valence-corrected chi connectivity index (χ4v) is 1.01. The van der Waals surface area contributed by atoms with Gasteiger partial charge in [0.25, 0.3) is 0 Å². The Labute approximate surface area is 73.8 Å². The minimum absolute atomic E-state index is 0.353. The average molecular weight is 167 g/mol. The Morgan fingerprint density at radius 2 is 2.00 bits per heavy atom. The molecule has 1 rings (SSSR count). The van der Waals surface area contributed by atoms with Crippen molar-refractivity contribution in [3.05, 3.63) is 23.7 Å². The Hall–Kier alpha value is -0.760. The molecule has 1 aromatic rings. The van der Waals surface area contributed by atoms with Gasteiger partial charge in [0.05, 0.1) is 5.54 Å². The predicted molar refractivity (Wildman–Crippen MR) is 49.8 cm³/mol. The molecule has 0 radical (unpaired) electrons. The van der Waals surface area contributed by atoms with E-state index < -0.39 is 0 Å². The second-order valence-electron chi connectivity index (χ2n) is 3.85. The van der Waals surface area contributed by atoms with Gasteiger partial charge in [-0.2, -0.15) is 0 Å². The minimum Gasteiger partial charge on any atom is -0.464 e. The van der Waals surface area contributed by atoms with Crippen molar-refractivity contribution in [1.29, 1.82) is 0 Å². The summed E-state index contributed by atoms with van der Waals surface area (Å²) in [5.41, 5.74) is 5.75. The van der Waals surface area contributed by atoms with Gasteiger partial charge in [0.15, 0.2) is 0 Å². The van der Waals surface area contributed by atoms with E-state index in [0.717, 1.165) is 11.5 Å². The third-order valence-corrected chi connectivity index (χ3v) is 2.47. The summed E-state index contributed by atoms with van der Waals surface area (Å²) in [6, 6.07) is 3.90. The maximum Gasteiger partial charge on any atom is 0.123 e. The van der Waals surface area contributed by atoms with Crippen molar-refractivity contribution < 1.29 is 4.42 Å². The molecule has 0 bridgehead atoms. The van der Waals surface area contributed by atoms with Gasteiger partial charge >= 0.3 is 0 Å². The van der Waals surface area contributed by atoms with Crippen LogP contribution in [-0.2, 0) is 5.54 Å². The van der Waals surface area contributed by atoms with Gasteiger partial charge in [0.1, 0.15) is 11.5 Å². The zero-order valence-corrected chi connectivity index (χ0v) is 8.22. The molecular formula is C10H17NO. The smallest absolute Gasteiger partial charge is 0.123 e. The highest BCUT2D eigenvalue weighted by atomic mass is 16.3. The molecule has 0 aliphatic carbocycles. The standard InChI is InChI=1S/C10H17NO/c1-7(2)10(4,11)9-6-5-8(3)12-9/h5-7H,11H2,1-4H3. The van der Waals surface area contributed by atoms with E-state index in [4.69, 9.17) is 10.2 Å². The number of rotatable bonds is 2. The van der Waals surface area contributed by atoms with Crippen LogP contribution in [0.15, 0.2) is 16.5 Å². The summed E-state index contributed by atoms with van der Waals surface area (Å²) < 4.78 is 5.48. The highest BCUT2D eigenvalue weighted by Gasteiger charge is 2.28. The molecule has 0 saturated heterocycles. The number of hydrogen-bond donors (Lipinski definition) is 1. The van der Waals surface area contributed by atoms with Crippen LogP contribution in [0.3, 0.4) is 0 Å². The van der Waals surface area contributed by atoms with Gasteiger partial charge in [-0.15, -0.1) is 0 Å². The molecule has 1 heterocycles. The molecule has 1 atom stereocenters. The molecule has 68 valence electrons. The van der Waals surface area contributed by atoms with Crippen LogP contribution in [0.4, 0.5) is 0 Å². The third-order valence-electron chi connectivity index (χ3n) is 2.47. The van der Waals surface area contributed by atoms with Crippen LogP contribution in [0, 0.1) is 12.8 Å². The predicted octanol–water partition coefficient (Wildman–Crippen LogP) is 2.42. The van der Waals surface area contributed by atoms with Crippen LogP contribution in [-0.4, -0.2) is 0 Å². The van der Waals surface area contributed by atoms with Crippen molar-refractivity contribution in [3.63, 3.8) is 0 Å². The summed E-state index contributed by atoms with van der Waals surface area (Å²) in [6.07, 6.45) is 0. The first kappa shape index (κ1) is 9.33. The Morgan fingerprint density at radius 3 is 2.33 bits per heavy atom. The van der Waals surface area contributed by atoms with Crippen LogP contribution in [0.2, 0.25) is 0 Å². The molecule has 0 aliphatic rings.